The number of nitrogens with one attached hydrogen (secondary N) is 1. The Balaban J connectivity index is 1.55. The summed E-state index contributed by atoms with van der Waals surface area (Å²) < 4.78 is 3.43. The maximum absolute atomic E-state index is 12.6. The van der Waals surface area contributed by atoms with Crippen LogP contribution in [-0.4, -0.2) is 25.0 Å². The van der Waals surface area contributed by atoms with Crippen molar-refractivity contribution in [2.24, 2.45) is 7.05 Å². The molecule has 1 aliphatic rings. The van der Waals surface area contributed by atoms with Crippen molar-refractivity contribution in [3.63, 3.8) is 0 Å². The van der Waals surface area contributed by atoms with Gasteiger partial charge < -0.3 is 15.6 Å². The van der Waals surface area contributed by atoms with E-state index in [1.54, 1.807) is 12.4 Å². The summed E-state index contributed by atoms with van der Waals surface area (Å²) in [5.41, 5.74) is 7.38. The number of anilines is 1. The SMILES string of the molecule is Cn1c(CNC(=O)[C@@H]2CCc3ncc(N)c(=O)n32)cc2cnccc21. The molecular weight excluding hydrogens is 320 g/mol. The highest BCUT2D eigenvalue weighted by Gasteiger charge is 2.30. The molecule has 25 heavy (non-hydrogen) atoms. The van der Waals surface area contributed by atoms with E-state index in [0.29, 0.717) is 25.2 Å². The first kappa shape index (κ1) is 15.4. The van der Waals surface area contributed by atoms with Gasteiger partial charge in [-0.25, -0.2) is 4.98 Å². The Labute approximate surface area is 143 Å². The summed E-state index contributed by atoms with van der Waals surface area (Å²) in [6.07, 6.45) is 6.04. The van der Waals surface area contributed by atoms with E-state index in [-0.39, 0.29) is 17.2 Å². The molecule has 0 unspecified atom stereocenters. The first-order chi connectivity index (χ1) is 12.1. The molecule has 1 amide bonds. The lowest BCUT2D eigenvalue weighted by molar-refractivity contribution is -0.124. The molecule has 3 N–H and O–H groups in total. The zero-order valence-corrected chi connectivity index (χ0v) is 13.8. The molecule has 8 heteroatoms. The minimum absolute atomic E-state index is 0.0598. The molecule has 1 atom stereocenters. The van der Waals surface area contributed by atoms with Crippen LogP contribution in [0, 0.1) is 0 Å². The number of hydrogen-bond acceptors (Lipinski definition) is 5. The van der Waals surface area contributed by atoms with E-state index in [0.717, 1.165) is 16.6 Å². The van der Waals surface area contributed by atoms with Gasteiger partial charge in [0.15, 0.2) is 0 Å². The van der Waals surface area contributed by atoms with Crippen LogP contribution in [0.3, 0.4) is 0 Å². The molecule has 3 aromatic rings. The van der Waals surface area contributed by atoms with Crippen LogP contribution in [-0.2, 0) is 24.8 Å². The van der Waals surface area contributed by atoms with Gasteiger partial charge in [0.1, 0.15) is 17.6 Å². The summed E-state index contributed by atoms with van der Waals surface area (Å²) >= 11 is 0. The molecule has 3 aromatic heterocycles. The number of aromatic nitrogens is 4. The Morgan fingerprint density at radius 3 is 3.08 bits per heavy atom. The Hall–Kier alpha value is -3.16. The average molecular weight is 338 g/mol. The number of aryl methyl sites for hydroxylation is 2. The van der Waals surface area contributed by atoms with Gasteiger partial charge in [-0.3, -0.25) is 19.1 Å². The van der Waals surface area contributed by atoms with Gasteiger partial charge in [-0.05, 0) is 18.6 Å². The van der Waals surface area contributed by atoms with Crippen LogP contribution < -0.4 is 16.6 Å². The molecule has 0 spiro atoms. The van der Waals surface area contributed by atoms with Crippen molar-refractivity contribution in [3.8, 4) is 0 Å². The lowest BCUT2D eigenvalue weighted by Gasteiger charge is -2.15. The fourth-order valence-electron chi connectivity index (χ4n) is 3.38. The minimum atomic E-state index is -0.560. The highest BCUT2D eigenvalue weighted by Crippen LogP contribution is 2.23. The summed E-state index contributed by atoms with van der Waals surface area (Å²) in [4.78, 5) is 33.1. The summed E-state index contributed by atoms with van der Waals surface area (Å²) in [5, 5.41) is 3.94. The van der Waals surface area contributed by atoms with E-state index < -0.39 is 6.04 Å². The number of nitrogens with zero attached hydrogens (tertiary/aromatic N) is 4. The number of nitrogen functional groups attached to an aromatic ring is 1. The highest BCUT2D eigenvalue weighted by molar-refractivity contribution is 5.82. The van der Waals surface area contributed by atoms with Crippen LogP contribution in [0.4, 0.5) is 5.69 Å². The molecule has 0 aromatic carbocycles. The summed E-state index contributed by atoms with van der Waals surface area (Å²) in [6.45, 7) is 0.375. The van der Waals surface area contributed by atoms with Gasteiger partial charge in [0.25, 0.3) is 5.56 Å². The summed E-state index contributed by atoms with van der Waals surface area (Å²) in [5.74, 6) is 0.409. The standard InChI is InChI=1S/C17H18N6O2/c1-22-11(6-10-7-19-5-4-13(10)22)8-21-16(24)14-2-3-15-20-9-12(18)17(25)23(14)15/h4-7,9,14H,2-3,8,18H2,1H3,(H,21,24)/t14-/m0/s1. The number of carbonyl (C=O) groups is 1. The first-order valence-corrected chi connectivity index (χ1v) is 8.08. The molecule has 0 bridgehead atoms. The third kappa shape index (κ3) is 2.46. The van der Waals surface area contributed by atoms with E-state index in [4.69, 9.17) is 5.73 Å². The predicted octanol–water partition coefficient (Wildman–Crippen LogP) is 0.516. The minimum Gasteiger partial charge on any atom is -0.393 e. The summed E-state index contributed by atoms with van der Waals surface area (Å²) in [6, 6.07) is 3.37. The Morgan fingerprint density at radius 1 is 1.44 bits per heavy atom. The molecule has 0 saturated heterocycles. The van der Waals surface area contributed by atoms with Gasteiger partial charge in [-0.2, -0.15) is 0 Å². The molecule has 0 aliphatic carbocycles. The Bertz CT molecular complexity index is 1040. The number of nitrogens with two attached hydrogens (primary N) is 1. The number of rotatable bonds is 3. The molecule has 0 fully saturated rings. The monoisotopic (exact) mass is 338 g/mol. The average Bonchev–Trinajstić information content (AvgIpc) is 3.19. The van der Waals surface area contributed by atoms with Crippen LogP contribution in [0.2, 0.25) is 0 Å². The first-order valence-electron chi connectivity index (χ1n) is 8.08. The van der Waals surface area contributed by atoms with Gasteiger partial charge in [0.2, 0.25) is 5.91 Å². The van der Waals surface area contributed by atoms with Crippen molar-refractivity contribution in [3.05, 3.63) is 52.6 Å². The van der Waals surface area contributed by atoms with Gasteiger partial charge >= 0.3 is 0 Å². The van der Waals surface area contributed by atoms with Crippen LogP contribution >= 0.6 is 0 Å². The van der Waals surface area contributed by atoms with E-state index >= 15 is 0 Å². The second-order valence-corrected chi connectivity index (χ2v) is 6.21. The zero-order chi connectivity index (χ0) is 17.6. The van der Waals surface area contributed by atoms with Crippen LogP contribution in [0.1, 0.15) is 24.0 Å². The Kier molecular flexibility index (Phi) is 3.52. The van der Waals surface area contributed by atoms with Crippen molar-refractivity contribution in [2.75, 3.05) is 5.73 Å². The lowest BCUT2D eigenvalue weighted by Crippen LogP contribution is -2.36. The van der Waals surface area contributed by atoms with Crippen LogP contribution in [0.5, 0.6) is 0 Å². The number of fused-ring (bicyclic) bond motifs is 2. The van der Waals surface area contributed by atoms with E-state index in [2.05, 4.69) is 15.3 Å². The van der Waals surface area contributed by atoms with Crippen LogP contribution in [0.25, 0.3) is 10.9 Å². The van der Waals surface area contributed by atoms with Crippen molar-refractivity contribution in [1.82, 2.24) is 24.4 Å². The number of pyridine rings is 1. The van der Waals surface area contributed by atoms with Gasteiger partial charge in [0.05, 0.1) is 18.3 Å². The number of carbonyl (C=O) groups excluding carboxylic acids is 1. The summed E-state index contributed by atoms with van der Waals surface area (Å²) in [7, 11) is 1.95. The van der Waals surface area contributed by atoms with Gasteiger partial charge in [0, 0.05) is 36.9 Å². The highest BCUT2D eigenvalue weighted by atomic mass is 16.2. The molecule has 0 radical (unpaired) electrons. The maximum Gasteiger partial charge on any atom is 0.277 e. The second kappa shape index (κ2) is 5.73. The smallest absolute Gasteiger partial charge is 0.277 e. The van der Waals surface area contributed by atoms with Crippen molar-refractivity contribution in [2.45, 2.75) is 25.4 Å². The molecule has 1 aliphatic heterocycles. The number of amides is 1. The third-order valence-corrected chi connectivity index (χ3v) is 4.74. The fraction of sp³-hybridized carbons (Fsp3) is 0.294. The lowest BCUT2D eigenvalue weighted by atomic mass is 10.2. The molecule has 0 saturated carbocycles. The van der Waals surface area contributed by atoms with Gasteiger partial charge in [-0.1, -0.05) is 0 Å². The quantitative estimate of drug-likeness (QED) is 0.724. The predicted molar refractivity (Wildman–Crippen MR) is 92.8 cm³/mol. The van der Waals surface area contributed by atoms with Crippen molar-refractivity contribution >= 4 is 22.5 Å². The molecule has 4 heterocycles. The zero-order valence-electron chi connectivity index (χ0n) is 13.8. The van der Waals surface area contributed by atoms with Crippen LogP contribution in [0.15, 0.2) is 35.5 Å². The maximum atomic E-state index is 12.6. The topological polar surface area (TPSA) is 108 Å². The van der Waals surface area contributed by atoms with Gasteiger partial charge in [-0.15, -0.1) is 0 Å². The van der Waals surface area contributed by atoms with E-state index in [9.17, 15) is 9.59 Å². The van der Waals surface area contributed by atoms with E-state index in [1.807, 2.05) is 23.7 Å². The third-order valence-electron chi connectivity index (χ3n) is 4.74. The fourth-order valence-corrected chi connectivity index (χ4v) is 3.38. The van der Waals surface area contributed by atoms with Crippen molar-refractivity contribution in [1.29, 1.82) is 0 Å². The Morgan fingerprint density at radius 2 is 2.28 bits per heavy atom. The molecule has 128 valence electrons. The molecule has 8 nitrogen and oxygen atoms in total. The van der Waals surface area contributed by atoms with E-state index in [1.165, 1.54) is 10.8 Å². The number of hydrogen-bond donors (Lipinski definition) is 2. The largest absolute Gasteiger partial charge is 0.393 e. The molecule has 4 rings (SSSR count). The molecular formula is C17H18N6O2. The van der Waals surface area contributed by atoms with Crippen molar-refractivity contribution < 1.29 is 4.79 Å². The second-order valence-electron chi connectivity index (χ2n) is 6.21. The normalized spacial score (nSPS) is 16.1.